The minimum atomic E-state index is -4.80. The molecule has 3 aromatic rings. The lowest BCUT2D eigenvalue weighted by Gasteiger charge is -2.11. The van der Waals surface area contributed by atoms with E-state index in [9.17, 15) is 18.3 Å². The highest BCUT2D eigenvalue weighted by atomic mass is 79.9. The summed E-state index contributed by atoms with van der Waals surface area (Å²) in [7, 11) is -4.80. The Labute approximate surface area is 164 Å². The second-order valence-electron chi connectivity index (χ2n) is 5.31. The first-order valence-corrected chi connectivity index (χ1v) is 9.95. The number of fused-ring (bicyclic) bond motifs is 1. The van der Waals surface area contributed by atoms with Crippen molar-refractivity contribution in [3.05, 3.63) is 55.1 Å². The first-order chi connectivity index (χ1) is 12.1. The third kappa shape index (κ3) is 3.50. The van der Waals surface area contributed by atoms with Gasteiger partial charge < -0.3 is 13.7 Å². The van der Waals surface area contributed by atoms with Crippen LogP contribution >= 0.6 is 31.9 Å². The van der Waals surface area contributed by atoms with Gasteiger partial charge in [0.1, 0.15) is 22.5 Å². The summed E-state index contributed by atoms with van der Waals surface area (Å²) in [4.78, 5) is 12.8. The van der Waals surface area contributed by atoms with Crippen LogP contribution in [0, 0.1) is 6.92 Å². The lowest BCUT2D eigenvalue weighted by molar-refractivity contribution is 0.388. The van der Waals surface area contributed by atoms with Gasteiger partial charge in [-0.1, -0.05) is 6.07 Å². The number of benzene rings is 2. The van der Waals surface area contributed by atoms with Gasteiger partial charge in [-0.3, -0.25) is 9.35 Å². The molecule has 1 heterocycles. The Morgan fingerprint density at radius 3 is 2.35 bits per heavy atom. The number of phenolic OH excluding ortho intramolecular Hbond substituents is 1. The monoisotopic (exact) mass is 504 g/mol. The molecule has 0 saturated heterocycles. The van der Waals surface area contributed by atoms with Crippen molar-refractivity contribution in [1.82, 2.24) is 0 Å². The summed E-state index contributed by atoms with van der Waals surface area (Å²) in [5.74, 6) is -0.0900. The van der Waals surface area contributed by atoms with E-state index in [1.54, 1.807) is 12.1 Å². The summed E-state index contributed by atoms with van der Waals surface area (Å²) >= 11 is 6.43. The number of hydrogen-bond acceptors (Lipinski definition) is 6. The summed E-state index contributed by atoms with van der Waals surface area (Å²) in [6, 6.07) is 7.29. The normalized spacial score (nSPS) is 11.7. The Morgan fingerprint density at radius 2 is 1.77 bits per heavy atom. The SMILES string of the molecule is Cc1c(-c2cc(Br)c(O)c(Br)c2)oc2cccc(OS(=O)(=O)O)c2c1=O. The van der Waals surface area contributed by atoms with E-state index in [2.05, 4.69) is 36.0 Å². The average Bonchev–Trinajstić information content (AvgIpc) is 2.54. The summed E-state index contributed by atoms with van der Waals surface area (Å²) in [6.07, 6.45) is 0. The number of phenols is 1. The van der Waals surface area contributed by atoms with Gasteiger partial charge in [-0.2, -0.15) is 8.42 Å². The molecule has 0 aliphatic carbocycles. The largest absolute Gasteiger partial charge is 0.506 e. The van der Waals surface area contributed by atoms with Gasteiger partial charge in [0.05, 0.1) is 8.95 Å². The van der Waals surface area contributed by atoms with E-state index in [1.807, 2.05) is 0 Å². The summed E-state index contributed by atoms with van der Waals surface area (Å²) in [6.45, 7) is 1.51. The molecule has 1 aromatic heterocycles. The summed E-state index contributed by atoms with van der Waals surface area (Å²) in [5, 5.41) is 9.73. The molecule has 0 radical (unpaired) electrons. The molecule has 10 heteroatoms. The maximum absolute atomic E-state index is 12.8. The van der Waals surface area contributed by atoms with Crippen molar-refractivity contribution in [2.75, 3.05) is 0 Å². The van der Waals surface area contributed by atoms with Crippen molar-refractivity contribution in [3.8, 4) is 22.8 Å². The Kier molecular flexibility index (Phi) is 4.86. The van der Waals surface area contributed by atoms with Gasteiger partial charge in [0, 0.05) is 11.1 Å². The molecule has 0 atom stereocenters. The van der Waals surface area contributed by atoms with Crippen LogP contribution in [0.3, 0.4) is 0 Å². The van der Waals surface area contributed by atoms with Crippen LogP contribution < -0.4 is 9.61 Å². The second kappa shape index (κ2) is 6.69. The molecule has 2 N–H and O–H groups in total. The predicted octanol–water partition coefficient (Wildman–Crippen LogP) is 4.18. The topological polar surface area (TPSA) is 114 Å². The Bertz CT molecular complexity index is 1180. The van der Waals surface area contributed by atoms with E-state index in [0.29, 0.717) is 14.5 Å². The van der Waals surface area contributed by atoms with Crippen molar-refractivity contribution in [1.29, 1.82) is 0 Å². The summed E-state index contributed by atoms with van der Waals surface area (Å²) in [5.41, 5.74) is 0.283. The fraction of sp³-hybridized carbons (Fsp3) is 0.0625. The van der Waals surface area contributed by atoms with Crippen molar-refractivity contribution < 1.29 is 26.7 Å². The molecular formula is C16H10Br2O7S. The van der Waals surface area contributed by atoms with Gasteiger partial charge in [0.25, 0.3) is 0 Å². The number of halogens is 2. The van der Waals surface area contributed by atoms with Crippen molar-refractivity contribution in [3.63, 3.8) is 0 Å². The molecule has 3 rings (SSSR count). The van der Waals surface area contributed by atoms with Crippen molar-refractivity contribution >= 4 is 53.2 Å². The lowest BCUT2D eigenvalue weighted by Crippen LogP contribution is -2.12. The Balaban J connectivity index is 2.32. The highest BCUT2D eigenvalue weighted by Gasteiger charge is 2.20. The molecular weight excluding hydrogens is 496 g/mol. The molecule has 0 aliphatic rings. The van der Waals surface area contributed by atoms with E-state index in [4.69, 9.17) is 8.97 Å². The van der Waals surface area contributed by atoms with Crippen LogP contribution in [0.5, 0.6) is 11.5 Å². The molecule has 26 heavy (non-hydrogen) atoms. The van der Waals surface area contributed by atoms with E-state index in [-0.39, 0.29) is 33.8 Å². The maximum atomic E-state index is 12.8. The third-order valence-electron chi connectivity index (χ3n) is 3.58. The zero-order chi connectivity index (χ0) is 19.2. The van der Waals surface area contributed by atoms with Crippen molar-refractivity contribution in [2.45, 2.75) is 6.92 Å². The number of rotatable bonds is 3. The average molecular weight is 506 g/mol. The molecule has 136 valence electrons. The zero-order valence-corrected chi connectivity index (χ0v) is 17.0. The van der Waals surface area contributed by atoms with Gasteiger partial charge in [0.15, 0.2) is 11.2 Å². The molecule has 0 saturated carbocycles. The molecule has 0 fully saturated rings. The van der Waals surface area contributed by atoms with E-state index < -0.39 is 15.8 Å². The van der Waals surface area contributed by atoms with Crippen molar-refractivity contribution in [2.24, 2.45) is 0 Å². The first-order valence-electron chi connectivity index (χ1n) is 7.00. The van der Waals surface area contributed by atoms with Crippen LogP contribution in [0.4, 0.5) is 0 Å². The Morgan fingerprint density at radius 1 is 1.15 bits per heavy atom. The van der Waals surface area contributed by atoms with Crippen LogP contribution in [-0.2, 0) is 10.4 Å². The smallest absolute Gasteiger partial charge is 0.446 e. The molecule has 0 unspecified atom stereocenters. The van der Waals surface area contributed by atoms with Crippen LogP contribution in [0.2, 0.25) is 0 Å². The molecule has 0 bridgehead atoms. The number of aromatic hydroxyl groups is 1. The first kappa shape index (κ1) is 18.9. The van der Waals surface area contributed by atoms with Crippen LogP contribution in [-0.4, -0.2) is 18.1 Å². The molecule has 0 spiro atoms. The minimum Gasteiger partial charge on any atom is -0.506 e. The van der Waals surface area contributed by atoms with Gasteiger partial charge in [-0.05, 0) is 63.0 Å². The Hall–Kier alpha value is -1.88. The highest BCUT2D eigenvalue weighted by molar-refractivity contribution is 9.11. The van der Waals surface area contributed by atoms with Gasteiger partial charge in [-0.15, -0.1) is 0 Å². The molecule has 7 nitrogen and oxygen atoms in total. The van der Waals surface area contributed by atoms with Gasteiger partial charge >= 0.3 is 10.4 Å². The fourth-order valence-corrected chi connectivity index (χ4v) is 4.00. The van der Waals surface area contributed by atoms with Crippen LogP contribution in [0.25, 0.3) is 22.3 Å². The van der Waals surface area contributed by atoms with Gasteiger partial charge in [-0.25, -0.2) is 0 Å². The maximum Gasteiger partial charge on any atom is 0.446 e. The standard InChI is InChI=1S/C16H10Br2O7S/c1-7-14(19)13-11(3-2-4-12(13)25-26(21,22)23)24-16(7)8-5-9(17)15(20)10(18)6-8/h2-6,20H,1H3,(H,21,22,23). The molecule has 2 aromatic carbocycles. The zero-order valence-electron chi connectivity index (χ0n) is 13.0. The quantitative estimate of drug-likeness (QED) is 0.513. The van der Waals surface area contributed by atoms with Crippen LogP contribution in [0.15, 0.2) is 48.5 Å². The van der Waals surface area contributed by atoms with E-state index in [1.165, 1.54) is 25.1 Å². The van der Waals surface area contributed by atoms with Gasteiger partial charge in [0.2, 0.25) is 0 Å². The van der Waals surface area contributed by atoms with E-state index in [0.717, 1.165) is 0 Å². The van der Waals surface area contributed by atoms with E-state index >= 15 is 0 Å². The predicted molar refractivity (Wildman–Crippen MR) is 102 cm³/mol. The summed E-state index contributed by atoms with van der Waals surface area (Å²) < 4.78 is 41.9. The fourth-order valence-electron chi connectivity index (χ4n) is 2.45. The minimum absolute atomic E-state index is 0.00150. The second-order valence-corrected chi connectivity index (χ2v) is 8.04. The third-order valence-corrected chi connectivity index (χ3v) is 5.18. The van der Waals surface area contributed by atoms with Crippen LogP contribution in [0.1, 0.15) is 5.56 Å². The molecule has 0 aliphatic heterocycles. The lowest BCUT2D eigenvalue weighted by atomic mass is 10.1. The number of hydrogen-bond donors (Lipinski definition) is 2. The molecule has 0 amide bonds. The highest BCUT2D eigenvalue weighted by Crippen LogP contribution is 2.38.